The molecule has 2 nitrogen and oxygen atoms in total. The van der Waals surface area contributed by atoms with Gasteiger partial charge in [0.15, 0.2) is 0 Å². The first-order chi connectivity index (χ1) is 7.22. The van der Waals surface area contributed by atoms with E-state index in [0.717, 1.165) is 0 Å². The Kier molecular flexibility index (Phi) is 3.92. The zero-order valence-corrected chi connectivity index (χ0v) is 9.94. The molecule has 8 heteroatoms. The molecule has 0 N–H and O–H groups in total. The predicted octanol–water partition coefficient (Wildman–Crippen LogP) is 3.83. The second-order valence-electron chi connectivity index (χ2n) is 2.81. The topological polar surface area (TPSA) is 22.1 Å². The Hall–Kier alpha value is -0.670. The van der Waals surface area contributed by atoms with Crippen LogP contribution in [0.4, 0.5) is 22.0 Å². The molecule has 0 bridgehead atoms. The van der Waals surface area contributed by atoms with E-state index in [2.05, 4.69) is 9.72 Å². The van der Waals surface area contributed by atoms with E-state index < -0.39 is 24.1 Å². The maximum atomic E-state index is 12.4. The van der Waals surface area contributed by atoms with Crippen molar-refractivity contribution < 1.29 is 26.7 Å². The van der Waals surface area contributed by atoms with E-state index in [-0.39, 0.29) is 9.26 Å². The summed E-state index contributed by atoms with van der Waals surface area (Å²) in [5, 5.41) is 0. The molecule has 1 aromatic rings. The number of hydrogen-bond donors (Lipinski definition) is 0. The zero-order chi connectivity index (χ0) is 12.5. The Morgan fingerprint density at radius 3 is 2.38 bits per heavy atom. The van der Waals surface area contributed by atoms with Crippen molar-refractivity contribution in [2.75, 3.05) is 0 Å². The van der Waals surface area contributed by atoms with Gasteiger partial charge in [0.25, 0.3) is 6.43 Å². The molecule has 0 saturated heterocycles. The third kappa shape index (κ3) is 3.16. The summed E-state index contributed by atoms with van der Waals surface area (Å²) < 4.78 is 64.6. The van der Waals surface area contributed by atoms with Gasteiger partial charge in [-0.05, 0) is 29.5 Å². The minimum absolute atomic E-state index is 0.0595. The first-order valence-corrected chi connectivity index (χ1v) is 4.99. The number of aromatic nitrogens is 1. The van der Waals surface area contributed by atoms with Gasteiger partial charge < -0.3 is 4.74 Å². The van der Waals surface area contributed by atoms with Crippen LogP contribution in [0.15, 0.2) is 6.20 Å². The van der Waals surface area contributed by atoms with E-state index in [1.165, 1.54) is 6.92 Å². The van der Waals surface area contributed by atoms with Crippen molar-refractivity contribution in [2.24, 2.45) is 0 Å². The Balaban J connectivity index is 3.26. The Morgan fingerprint density at radius 2 is 1.94 bits per heavy atom. The minimum Gasteiger partial charge on any atom is -0.405 e. The third-order valence-corrected chi connectivity index (χ3v) is 2.77. The lowest BCUT2D eigenvalue weighted by Gasteiger charge is -2.15. The van der Waals surface area contributed by atoms with Gasteiger partial charge in [-0.15, -0.1) is 13.2 Å². The van der Waals surface area contributed by atoms with Gasteiger partial charge in [-0.2, -0.15) is 0 Å². The highest BCUT2D eigenvalue weighted by molar-refractivity contribution is 14.1. The van der Waals surface area contributed by atoms with Crippen molar-refractivity contribution in [3.63, 3.8) is 0 Å². The molecule has 0 aliphatic carbocycles. The van der Waals surface area contributed by atoms with Crippen LogP contribution in [0, 0.1) is 10.6 Å². The number of ether oxygens (including phenoxy) is 1. The van der Waals surface area contributed by atoms with Crippen LogP contribution in [0.3, 0.4) is 0 Å². The molecule has 0 atom stereocenters. The average molecular weight is 353 g/mol. The van der Waals surface area contributed by atoms with E-state index in [9.17, 15) is 22.0 Å². The molecule has 0 radical (unpaired) electrons. The van der Waals surface area contributed by atoms with Gasteiger partial charge in [0.2, 0.25) is 0 Å². The zero-order valence-electron chi connectivity index (χ0n) is 7.78. The molecule has 0 saturated carbocycles. The highest BCUT2D eigenvalue weighted by atomic mass is 127. The third-order valence-electron chi connectivity index (χ3n) is 1.68. The monoisotopic (exact) mass is 353 g/mol. The molecule has 16 heavy (non-hydrogen) atoms. The lowest BCUT2D eigenvalue weighted by Crippen LogP contribution is -2.19. The van der Waals surface area contributed by atoms with Crippen LogP contribution in [0.5, 0.6) is 5.75 Å². The fourth-order valence-electron chi connectivity index (χ4n) is 0.998. The first-order valence-electron chi connectivity index (χ1n) is 3.91. The lowest BCUT2D eigenvalue weighted by molar-refractivity contribution is -0.275. The fourth-order valence-corrected chi connectivity index (χ4v) is 1.38. The molecule has 0 aliphatic heterocycles. The fraction of sp³-hybridized carbons (Fsp3) is 0.375. The van der Waals surface area contributed by atoms with E-state index in [4.69, 9.17) is 0 Å². The summed E-state index contributed by atoms with van der Waals surface area (Å²) in [6.45, 7) is 1.24. The van der Waals surface area contributed by atoms with E-state index in [1.54, 1.807) is 22.6 Å². The standard InChI is InChI=1S/C8H5F5INO/c1-3-5(16-8(11,12)13)4(6(9)10)2-15-7(3)14/h2,6H,1H3. The van der Waals surface area contributed by atoms with Crippen LogP contribution in [0.1, 0.15) is 17.6 Å². The summed E-state index contributed by atoms with van der Waals surface area (Å²) >= 11 is 1.64. The Bertz CT molecular complexity index is 393. The molecular formula is C8H5F5INO. The van der Waals surface area contributed by atoms with Gasteiger partial charge in [0.1, 0.15) is 9.45 Å². The van der Waals surface area contributed by atoms with Gasteiger partial charge in [-0.3, -0.25) is 0 Å². The molecule has 0 aromatic carbocycles. The van der Waals surface area contributed by atoms with Gasteiger partial charge in [0.05, 0.1) is 5.56 Å². The molecule has 0 spiro atoms. The van der Waals surface area contributed by atoms with Crippen molar-refractivity contribution in [1.29, 1.82) is 0 Å². The largest absolute Gasteiger partial charge is 0.573 e. The van der Waals surface area contributed by atoms with E-state index >= 15 is 0 Å². The maximum Gasteiger partial charge on any atom is 0.573 e. The molecular weight excluding hydrogens is 348 g/mol. The van der Waals surface area contributed by atoms with Gasteiger partial charge in [-0.1, -0.05) is 0 Å². The summed E-state index contributed by atoms with van der Waals surface area (Å²) in [5.41, 5.74) is -0.925. The average Bonchev–Trinajstić information content (AvgIpc) is 2.10. The molecule has 90 valence electrons. The SMILES string of the molecule is Cc1c(I)ncc(C(F)F)c1OC(F)(F)F. The summed E-state index contributed by atoms with van der Waals surface area (Å²) in [6.07, 6.45) is -7.39. The smallest absolute Gasteiger partial charge is 0.405 e. The van der Waals surface area contributed by atoms with Gasteiger partial charge >= 0.3 is 6.36 Å². The normalized spacial score (nSPS) is 12.0. The summed E-state index contributed by atoms with van der Waals surface area (Å²) in [5.74, 6) is -0.873. The molecule has 0 amide bonds. The van der Waals surface area contributed by atoms with Crippen LogP contribution < -0.4 is 4.74 Å². The summed E-state index contributed by atoms with van der Waals surface area (Å²) in [6, 6.07) is 0. The molecule has 1 aromatic heterocycles. The Morgan fingerprint density at radius 1 is 1.38 bits per heavy atom. The lowest BCUT2D eigenvalue weighted by atomic mass is 10.2. The van der Waals surface area contributed by atoms with Crippen LogP contribution in [0.25, 0.3) is 0 Å². The maximum absolute atomic E-state index is 12.4. The van der Waals surface area contributed by atoms with Crippen molar-refractivity contribution >= 4 is 22.6 Å². The Labute approximate surface area is 101 Å². The molecule has 1 rings (SSSR count). The van der Waals surface area contributed by atoms with Crippen molar-refractivity contribution in [1.82, 2.24) is 4.98 Å². The molecule has 0 fully saturated rings. The second-order valence-corrected chi connectivity index (χ2v) is 3.83. The summed E-state index contributed by atoms with van der Waals surface area (Å²) in [7, 11) is 0. The van der Waals surface area contributed by atoms with Gasteiger partial charge in [0, 0.05) is 11.8 Å². The minimum atomic E-state index is -5.00. The highest BCUT2D eigenvalue weighted by Crippen LogP contribution is 2.36. The molecule has 1 heterocycles. The number of hydrogen-bond acceptors (Lipinski definition) is 2. The van der Waals surface area contributed by atoms with Crippen molar-refractivity contribution in [3.8, 4) is 5.75 Å². The quantitative estimate of drug-likeness (QED) is 0.458. The number of nitrogens with zero attached hydrogens (tertiary/aromatic N) is 1. The summed E-state index contributed by atoms with van der Waals surface area (Å²) in [4.78, 5) is 3.55. The van der Waals surface area contributed by atoms with Crippen molar-refractivity contribution in [3.05, 3.63) is 21.0 Å². The highest BCUT2D eigenvalue weighted by Gasteiger charge is 2.34. The molecule has 0 aliphatic rings. The van der Waals surface area contributed by atoms with E-state index in [1.807, 2.05) is 0 Å². The van der Waals surface area contributed by atoms with E-state index in [0.29, 0.717) is 6.20 Å². The van der Waals surface area contributed by atoms with Crippen LogP contribution in [0.2, 0.25) is 0 Å². The van der Waals surface area contributed by atoms with Gasteiger partial charge in [-0.25, -0.2) is 13.8 Å². The first kappa shape index (κ1) is 13.4. The number of rotatable bonds is 2. The number of pyridine rings is 1. The van der Waals surface area contributed by atoms with Crippen molar-refractivity contribution in [2.45, 2.75) is 19.7 Å². The van der Waals surface area contributed by atoms with Crippen LogP contribution in [-0.2, 0) is 0 Å². The second kappa shape index (κ2) is 4.68. The van der Waals surface area contributed by atoms with Crippen LogP contribution >= 0.6 is 22.6 Å². The number of alkyl halides is 5. The number of halogens is 6. The predicted molar refractivity (Wildman–Crippen MR) is 53.3 cm³/mol. The molecule has 0 unspecified atom stereocenters. The van der Waals surface area contributed by atoms with Crippen LogP contribution in [-0.4, -0.2) is 11.3 Å².